The molecule has 1 saturated heterocycles. The fourth-order valence-corrected chi connectivity index (χ4v) is 3.52. The second-order valence-electron chi connectivity index (χ2n) is 5.63. The number of hydrogen-bond acceptors (Lipinski definition) is 5. The molecule has 1 N–H and O–H groups in total. The number of morpholine rings is 1. The van der Waals surface area contributed by atoms with Crippen molar-refractivity contribution in [3.8, 4) is 5.75 Å². The number of nitrogens with one attached hydrogen (secondary N) is 1. The van der Waals surface area contributed by atoms with Gasteiger partial charge < -0.3 is 9.47 Å². The Labute approximate surface area is 138 Å². The van der Waals surface area contributed by atoms with Crippen molar-refractivity contribution in [1.29, 1.82) is 0 Å². The highest BCUT2D eigenvalue weighted by molar-refractivity contribution is 7.89. The van der Waals surface area contributed by atoms with Crippen LogP contribution in [0, 0.1) is 6.92 Å². The Morgan fingerprint density at radius 1 is 1.30 bits per heavy atom. The Hall–Kier alpha value is -1.15. The average Bonchev–Trinajstić information content (AvgIpc) is 2.54. The fourth-order valence-electron chi connectivity index (χ4n) is 2.41. The number of aryl methyl sites for hydroxylation is 1. The van der Waals surface area contributed by atoms with E-state index in [1.54, 1.807) is 18.2 Å². The number of hydrogen-bond donors (Lipinski definition) is 1. The summed E-state index contributed by atoms with van der Waals surface area (Å²) in [6.07, 6.45) is 0.919. The fraction of sp³-hybridized carbons (Fsp3) is 0.625. The average molecular weight is 342 g/mol. The molecular weight excluding hydrogens is 316 g/mol. The van der Waals surface area contributed by atoms with Crippen LogP contribution < -0.4 is 9.46 Å². The van der Waals surface area contributed by atoms with Crippen molar-refractivity contribution < 1.29 is 17.9 Å². The van der Waals surface area contributed by atoms with Gasteiger partial charge in [-0.3, -0.25) is 4.90 Å². The quantitative estimate of drug-likeness (QED) is 0.773. The maximum atomic E-state index is 12.4. The van der Waals surface area contributed by atoms with Crippen molar-refractivity contribution in [3.63, 3.8) is 0 Å². The van der Waals surface area contributed by atoms with E-state index in [1.165, 1.54) is 0 Å². The molecule has 2 rings (SSSR count). The summed E-state index contributed by atoms with van der Waals surface area (Å²) in [4.78, 5) is 2.47. The van der Waals surface area contributed by atoms with Crippen LogP contribution >= 0.6 is 0 Å². The van der Waals surface area contributed by atoms with Crippen molar-refractivity contribution in [3.05, 3.63) is 23.8 Å². The highest BCUT2D eigenvalue weighted by atomic mass is 32.2. The summed E-state index contributed by atoms with van der Waals surface area (Å²) >= 11 is 0. The van der Waals surface area contributed by atoms with E-state index < -0.39 is 10.0 Å². The SMILES string of the molecule is CCCOc1ccc(S(=O)(=O)NCCN2CCOCC2)cc1C. The summed E-state index contributed by atoms with van der Waals surface area (Å²) < 4.78 is 38.2. The molecule has 0 bridgehead atoms. The topological polar surface area (TPSA) is 67.9 Å². The molecule has 0 aliphatic carbocycles. The Kier molecular flexibility index (Phi) is 6.83. The zero-order valence-corrected chi connectivity index (χ0v) is 14.7. The lowest BCUT2D eigenvalue weighted by Gasteiger charge is -2.26. The smallest absolute Gasteiger partial charge is 0.240 e. The van der Waals surface area contributed by atoms with Gasteiger partial charge in [-0.05, 0) is 37.1 Å². The first-order valence-electron chi connectivity index (χ1n) is 8.06. The number of rotatable bonds is 8. The lowest BCUT2D eigenvalue weighted by atomic mass is 10.2. The summed E-state index contributed by atoms with van der Waals surface area (Å²) in [6.45, 7) is 8.74. The summed E-state index contributed by atoms with van der Waals surface area (Å²) in [5.41, 5.74) is 0.828. The summed E-state index contributed by atoms with van der Waals surface area (Å²) in [6, 6.07) is 4.97. The maximum absolute atomic E-state index is 12.4. The van der Waals surface area contributed by atoms with E-state index in [2.05, 4.69) is 9.62 Å². The van der Waals surface area contributed by atoms with Gasteiger partial charge in [-0.25, -0.2) is 13.1 Å². The Morgan fingerprint density at radius 3 is 2.70 bits per heavy atom. The van der Waals surface area contributed by atoms with Crippen LogP contribution in [0.3, 0.4) is 0 Å². The van der Waals surface area contributed by atoms with Crippen molar-refractivity contribution in [2.45, 2.75) is 25.2 Å². The van der Waals surface area contributed by atoms with Crippen molar-refractivity contribution >= 4 is 10.0 Å². The standard InChI is InChI=1S/C16H26N2O4S/c1-3-10-22-16-5-4-15(13-14(16)2)23(19,20)17-6-7-18-8-11-21-12-9-18/h4-5,13,17H,3,6-12H2,1-2H3. The minimum Gasteiger partial charge on any atom is -0.493 e. The third kappa shape index (κ3) is 5.46. The number of nitrogens with zero attached hydrogens (tertiary/aromatic N) is 1. The second-order valence-corrected chi connectivity index (χ2v) is 7.39. The van der Waals surface area contributed by atoms with Crippen LogP contribution in [-0.2, 0) is 14.8 Å². The zero-order chi connectivity index (χ0) is 16.7. The number of ether oxygens (including phenoxy) is 2. The molecule has 1 aromatic rings. The first-order valence-corrected chi connectivity index (χ1v) is 9.54. The monoisotopic (exact) mass is 342 g/mol. The largest absolute Gasteiger partial charge is 0.493 e. The van der Waals surface area contributed by atoms with E-state index in [4.69, 9.17) is 9.47 Å². The van der Waals surface area contributed by atoms with E-state index >= 15 is 0 Å². The van der Waals surface area contributed by atoms with Crippen molar-refractivity contribution in [2.24, 2.45) is 0 Å². The minimum absolute atomic E-state index is 0.279. The summed E-state index contributed by atoms with van der Waals surface area (Å²) in [5.74, 6) is 0.735. The second kappa shape index (κ2) is 8.63. The molecule has 0 unspecified atom stereocenters. The molecule has 0 radical (unpaired) electrons. The van der Waals surface area contributed by atoms with Crippen LogP contribution in [0.2, 0.25) is 0 Å². The van der Waals surface area contributed by atoms with Crippen LogP contribution in [0.5, 0.6) is 5.75 Å². The Balaban J connectivity index is 1.91. The van der Waals surface area contributed by atoms with Gasteiger partial charge in [-0.15, -0.1) is 0 Å². The van der Waals surface area contributed by atoms with Gasteiger partial charge in [-0.2, -0.15) is 0 Å². The predicted octanol–water partition coefficient (Wildman–Crippen LogP) is 1.39. The molecule has 1 fully saturated rings. The van der Waals surface area contributed by atoms with E-state index in [0.717, 1.165) is 30.8 Å². The van der Waals surface area contributed by atoms with Crippen LogP contribution in [0.1, 0.15) is 18.9 Å². The van der Waals surface area contributed by atoms with Gasteiger partial charge in [0, 0.05) is 26.2 Å². The molecule has 7 heteroatoms. The van der Waals surface area contributed by atoms with Crippen molar-refractivity contribution in [2.75, 3.05) is 46.0 Å². The molecule has 1 heterocycles. The Bertz CT molecular complexity index is 598. The minimum atomic E-state index is -3.48. The molecule has 0 aromatic heterocycles. The van der Waals surface area contributed by atoms with Gasteiger partial charge in [0.15, 0.2) is 0 Å². The molecule has 6 nitrogen and oxygen atoms in total. The molecule has 130 valence electrons. The van der Waals surface area contributed by atoms with E-state index in [0.29, 0.717) is 32.9 Å². The van der Waals surface area contributed by atoms with Gasteiger partial charge in [-0.1, -0.05) is 6.92 Å². The molecule has 0 spiro atoms. The molecule has 0 atom stereocenters. The van der Waals surface area contributed by atoms with Gasteiger partial charge in [0.05, 0.1) is 24.7 Å². The molecule has 1 aromatic carbocycles. The molecule has 1 aliphatic rings. The predicted molar refractivity (Wildman–Crippen MR) is 89.4 cm³/mol. The Morgan fingerprint density at radius 2 is 2.04 bits per heavy atom. The maximum Gasteiger partial charge on any atom is 0.240 e. The number of benzene rings is 1. The van der Waals surface area contributed by atoms with Gasteiger partial charge in [0.2, 0.25) is 10.0 Å². The molecule has 0 amide bonds. The highest BCUT2D eigenvalue weighted by Crippen LogP contribution is 2.21. The molecule has 0 saturated carbocycles. The van der Waals surface area contributed by atoms with Crippen LogP contribution in [0.4, 0.5) is 0 Å². The van der Waals surface area contributed by atoms with Crippen LogP contribution in [0.25, 0.3) is 0 Å². The molecular formula is C16H26N2O4S. The molecule has 23 heavy (non-hydrogen) atoms. The van der Waals surface area contributed by atoms with Gasteiger partial charge >= 0.3 is 0 Å². The van der Waals surface area contributed by atoms with E-state index in [1.807, 2.05) is 13.8 Å². The zero-order valence-electron chi connectivity index (χ0n) is 13.9. The summed E-state index contributed by atoms with van der Waals surface area (Å²) in [7, 11) is -3.48. The summed E-state index contributed by atoms with van der Waals surface area (Å²) in [5, 5.41) is 0. The van der Waals surface area contributed by atoms with Gasteiger partial charge in [0.1, 0.15) is 5.75 Å². The van der Waals surface area contributed by atoms with Crippen LogP contribution in [0.15, 0.2) is 23.1 Å². The highest BCUT2D eigenvalue weighted by Gasteiger charge is 2.16. The lowest BCUT2D eigenvalue weighted by Crippen LogP contribution is -2.41. The van der Waals surface area contributed by atoms with Crippen molar-refractivity contribution in [1.82, 2.24) is 9.62 Å². The van der Waals surface area contributed by atoms with Crippen LogP contribution in [-0.4, -0.2) is 59.3 Å². The first kappa shape index (κ1) is 18.2. The first-order chi connectivity index (χ1) is 11.0. The lowest BCUT2D eigenvalue weighted by molar-refractivity contribution is 0.0390. The third-order valence-electron chi connectivity index (χ3n) is 3.74. The van der Waals surface area contributed by atoms with E-state index in [9.17, 15) is 8.42 Å². The van der Waals surface area contributed by atoms with E-state index in [-0.39, 0.29) is 4.90 Å². The molecule has 1 aliphatic heterocycles. The number of sulfonamides is 1. The third-order valence-corrected chi connectivity index (χ3v) is 5.20. The normalized spacial score (nSPS) is 16.4. The van der Waals surface area contributed by atoms with Gasteiger partial charge in [0.25, 0.3) is 0 Å².